The monoisotopic (exact) mass is 549 g/mol. The van der Waals surface area contributed by atoms with Gasteiger partial charge in [-0.15, -0.1) is 6.42 Å². The molecule has 0 aromatic carbocycles. The van der Waals surface area contributed by atoms with Gasteiger partial charge in [-0.05, 0) is 37.7 Å². The highest BCUT2D eigenvalue weighted by Crippen LogP contribution is 2.32. The van der Waals surface area contributed by atoms with Crippen molar-refractivity contribution in [3.05, 3.63) is 32.6 Å². The van der Waals surface area contributed by atoms with Gasteiger partial charge in [0, 0.05) is 24.9 Å². The Hall–Kier alpha value is -2.27. The summed E-state index contributed by atoms with van der Waals surface area (Å²) in [6.07, 6.45) is 2.20. The average molecular weight is 550 g/mol. The van der Waals surface area contributed by atoms with E-state index in [1.165, 1.54) is 0 Å². The highest BCUT2D eigenvalue weighted by Gasteiger charge is 2.40. The van der Waals surface area contributed by atoms with Crippen LogP contribution in [-0.4, -0.2) is 70.6 Å². The second-order valence-corrected chi connectivity index (χ2v) is 9.61. The van der Waals surface area contributed by atoms with Gasteiger partial charge in [0.25, 0.3) is 5.56 Å². The summed E-state index contributed by atoms with van der Waals surface area (Å²) in [5.74, 6) is 2.84. The molecule has 1 aromatic heterocycles. The molecule has 2 rings (SSSR count). The first kappa shape index (κ1) is 31.0. The number of H-pyrrole nitrogens is 1. The SMILES string of the molecule is C#CCO[C@H]1C[C@H](n2cc(C(F)(F)F)c(=O)[nH]c2=O)O[C@@H]1COC(=O)SCCN(CCCC)CCCC. The Kier molecular flexibility index (Phi) is 12.7. The Morgan fingerprint density at radius 1 is 1.27 bits per heavy atom. The number of aromatic nitrogens is 2. The molecule has 1 aliphatic rings. The number of nitrogens with zero attached hydrogens (tertiary/aromatic N) is 2. The third-order valence-electron chi connectivity index (χ3n) is 5.79. The van der Waals surface area contributed by atoms with Crippen LogP contribution in [0.3, 0.4) is 0 Å². The largest absolute Gasteiger partial charge is 0.455 e. The second-order valence-electron chi connectivity index (χ2n) is 8.58. The van der Waals surface area contributed by atoms with Gasteiger partial charge in [0.1, 0.15) is 31.1 Å². The third-order valence-corrected chi connectivity index (χ3v) is 6.53. The molecule has 0 aliphatic carbocycles. The molecular weight excluding hydrogens is 515 g/mol. The van der Waals surface area contributed by atoms with E-state index in [0.717, 1.165) is 57.1 Å². The molecule has 0 unspecified atom stereocenters. The molecule has 1 aromatic rings. The highest BCUT2D eigenvalue weighted by atomic mass is 32.2. The minimum Gasteiger partial charge on any atom is -0.455 e. The summed E-state index contributed by atoms with van der Waals surface area (Å²) in [7, 11) is 0. The van der Waals surface area contributed by atoms with Crippen LogP contribution < -0.4 is 11.2 Å². The quantitative estimate of drug-likeness (QED) is 0.277. The van der Waals surface area contributed by atoms with Crippen molar-refractivity contribution in [1.29, 1.82) is 0 Å². The van der Waals surface area contributed by atoms with Crippen LogP contribution in [0.15, 0.2) is 15.8 Å². The van der Waals surface area contributed by atoms with Crippen LogP contribution in [0.5, 0.6) is 0 Å². The number of rotatable bonds is 14. The van der Waals surface area contributed by atoms with Crippen LogP contribution in [0.4, 0.5) is 18.0 Å². The highest BCUT2D eigenvalue weighted by molar-refractivity contribution is 8.13. The Bertz CT molecular complexity index is 1010. The molecule has 0 bridgehead atoms. The van der Waals surface area contributed by atoms with Gasteiger partial charge in [0.2, 0.25) is 0 Å². The lowest BCUT2D eigenvalue weighted by atomic mass is 10.2. The number of aromatic amines is 1. The van der Waals surface area contributed by atoms with Gasteiger partial charge in [-0.2, -0.15) is 13.2 Å². The van der Waals surface area contributed by atoms with E-state index in [0.29, 0.717) is 16.5 Å². The van der Waals surface area contributed by atoms with Gasteiger partial charge in [0.05, 0.1) is 6.10 Å². The predicted molar refractivity (Wildman–Crippen MR) is 133 cm³/mol. The molecule has 13 heteroatoms. The molecule has 1 aliphatic heterocycles. The van der Waals surface area contributed by atoms with Gasteiger partial charge in [-0.3, -0.25) is 14.3 Å². The first-order valence-electron chi connectivity index (χ1n) is 12.3. The number of hydrogen-bond acceptors (Lipinski definition) is 8. The van der Waals surface area contributed by atoms with Crippen LogP contribution in [0.2, 0.25) is 0 Å². The van der Waals surface area contributed by atoms with E-state index < -0.39 is 46.7 Å². The maximum atomic E-state index is 13.2. The number of nitrogens with one attached hydrogen (secondary N) is 1. The number of hydrogen-bond donors (Lipinski definition) is 1. The Morgan fingerprint density at radius 3 is 2.54 bits per heavy atom. The molecule has 2 heterocycles. The zero-order chi connectivity index (χ0) is 27.4. The van der Waals surface area contributed by atoms with Crippen LogP contribution in [0.1, 0.15) is 57.7 Å². The smallest absolute Gasteiger partial charge is 0.423 e. The Balaban J connectivity index is 1.98. The Labute approximate surface area is 218 Å². The summed E-state index contributed by atoms with van der Waals surface area (Å²) in [6.45, 7) is 6.59. The van der Waals surface area contributed by atoms with Gasteiger partial charge in [-0.25, -0.2) is 9.59 Å². The van der Waals surface area contributed by atoms with Crippen molar-refractivity contribution in [2.24, 2.45) is 0 Å². The van der Waals surface area contributed by atoms with Crippen LogP contribution in [0.25, 0.3) is 0 Å². The number of ether oxygens (including phenoxy) is 3. The van der Waals surface area contributed by atoms with Crippen molar-refractivity contribution in [3.8, 4) is 12.3 Å². The standard InChI is InChI=1S/C24H34F3N3O6S/c1-4-7-9-29(10-8-5-2)11-13-37-23(33)35-16-19-18(34-12-6-3)14-20(36-19)30-15-17(24(25,26)27)21(31)28-22(30)32/h3,15,18-20H,4-5,7-14,16H2,1-2H3,(H,28,31,32)/t18-,19+,20+/m0/s1. The molecule has 0 radical (unpaired) electrons. The van der Waals surface area contributed by atoms with Crippen molar-refractivity contribution >= 4 is 17.1 Å². The molecule has 9 nitrogen and oxygen atoms in total. The van der Waals surface area contributed by atoms with E-state index in [1.807, 2.05) is 0 Å². The Morgan fingerprint density at radius 2 is 1.95 bits per heavy atom. The van der Waals surface area contributed by atoms with E-state index in [4.69, 9.17) is 20.6 Å². The summed E-state index contributed by atoms with van der Waals surface area (Å²) >= 11 is 1.03. The van der Waals surface area contributed by atoms with E-state index in [9.17, 15) is 27.6 Å². The van der Waals surface area contributed by atoms with Gasteiger partial charge >= 0.3 is 17.2 Å². The predicted octanol–water partition coefficient (Wildman–Crippen LogP) is 3.63. The topological polar surface area (TPSA) is 103 Å². The second kappa shape index (κ2) is 15.2. The summed E-state index contributed by atoms with van der Waals surface area (Å²) < 4.78 is 56.7. The number of carbonyl (C=O) groups is 1. The fourth-order valence-electron chi connectivity index (χ4n) is 3.80. The zero-order valence-corrected chi connectivity index (χ0v) is 21.9. The third kappa shape index (κ3) is 9.85. The summed E-state index contributed by atoms with van der Waals surface area (Å²) in [5, 5.41) is -0.519. The maximum Gasteiger partial charge on any atom is 0.423 e. The lowest BCUT2D eigenvalue weighted by molar-refractivity contribution is -0.139. The molecule has 0 amide bonds. The lowest BCUT2D eigenvalue weighted by Crippen LogP contribution is -2.36. The molecule has 208 valence electrons. The molecule has 1 saturated heterocycles. The van der Waals surface area contributed by atoms with Crippen LogP contribution >= 0.6 is 11.8 Å². The van der Waals surface area contributed by atoms with Gasteiger partial charge < -0.3 is 19.1 Å². The minimum absolute atomic E-state index is 0.0376. The molecule has 3 atom stereocenters. The first-order valence-corrected chi connectivity index (χ1v) is 13.2. The van der Waals surface area contributed by atoms with Gasteiger partial charge in [-0.1, -0.05) is 32.6 Å². The van der Waals surface area contributed by atoms with E-state index in [2.05, 4.69) is 24.7 Å². The maximum absolute atomic E-state index is 13.2. The molecule has 1 N–H and O–H groups in total. The fraction of sp³-hybridized carbons (Fsp3) is 0.708. The number of unbranched alkanes of at least 4 members (excludes halogenated alkanes) is 2. The van der Waals surface area contributed by atoms with Crippen LogP contribution in [0, 0.1) is 12.3 Å². The summed E-state index contributed by atoms with van der Waals surface area (Å²) in [4.78, 5) is 40.1. The first-order chi connectivity index (χ1) is 17.6. The molecule has 37 heavy (non-hydrogen) atoms. The normalized spacial score (nSPS) is 19.8. The van der Waals surface area contributed by atoms with Crippen molar-refractivity contribution in [2.75, 3.05) is 38.6 Å². The number of thioether (sulfide) groups is 1. The van der Waals surface area contributed by atoms with Crippen molar-refractivity contribution in [3.63, 3.8) is 0 Å². The zero-order valence-electron chi connectivity index (χ0n) is 21.1. The number of halogens is 3. The van der Waals surface area contributed by atoms with E-state index in [1.54, 1.807) is 4.98 Å². The fourth-order valence-corrected chi connectivity index (χ4v) is 4.47. The van der Waals surface area contributed by atoms with E-state index in [-0.39, 0.29) is 19.6 Å². The summed E-state index contributed by atoms with van der Waals surface area (Å²) in [5.41, 5.74) is -4.14. The van der Waals surface area contributed by atoms with Crippen molar-refractivity contribution < 1.29 is 32.2 Å². The molecular formula is C24H34F3N3O6S. The molecule has 0 spiro atoms. The number of terminal acetylenes is 1. The lowest BCUT2D eigenvalue weighted by Gasteiger charge is -2.21. The molecule has 0 saturated carbocycles. The van der Waals surface area contributed by atoms with Crippen molar-refractivity contribution in [1.82, 2.24) is 14.5 Å². The average Bonchev–Trinajstić information content (AvgIpc) is 3.24. The van der Waals surface area contributed by atoms with Gasteiger partial charge in [0.15, 0.2) is 0 Å². The number of alkyl halides is 3. The summed E-state index contributed by atoms with van der Waals surface area (Å²) in [6, 6.07) is 0. The molecule has 1 fully saturated rings. The number of carbonyl (C=O) groups excluding carboxylic acids is 1. The van der Waals surface area contributed by atoms with Crippen molar-refractivity contribution in [2.45, 2.75) is 70.6 Å². The van der Waals surface area contributed by atoms with Crippen LogP contribution in [-0.2, 0) is 20.4 Å². The minimum atomic E-state index is -4.96. The van der Waals surface area contributed by atoms with E-state index >= 15 is 0 Å².